The molecule has 0 aliphatic carbocycles. The van der Waals surface area contributed by atoms with Crippen LogP contribution in [0.3, 0.4) is 0 Å². The van der Waals surface area contributed by atoms with Crippen LogP contribution in [-0.2, 0) is 124 Å². The summed E-state index contributed by atoms with van der Waals surface area (Å²) >= 11 is 0.808. The van der Waals surface area contributed by atoms with E-state index in [4.69, 9.17) is 17.2 Å². The SMILES string of the molecule is CCCC[C@H]1C(=O)N(C)[C@@H](CCCC)C(=O)N[C@@H](CC(C)C)C(O)N[C@H](C(=O)NCC(N)=O)CSCC(=O)N[C@@H](Cc2ccc(O)cc2)C(=O)N(C)[C@@H](C)C(=O)N[C@@H](CC(=O)O)C(=O)N2CCC[C@H]2C(=O)N[C@@H](Cc2cnc[nH]2)C(=O)N[C@@H](CCCCN)C(=O)N2C[C@H](O)C[C@H]2C(=O)N[C@@H](Cc2c[nH]c3ccccc23)C(=O)N[C@@H](CCCCN)C(=O)N[C@@H](Cc2cn(CC(=O)NS(C)(=O)=O)c3ccccc23)C(=O)N1C. The van der Waals surface area contributed by atoms with Gasteiger partial charge in [0.2, 0.25) is 98.6 Å². The molecule has 23 N–H and O–H groups in total. The molecule has 48 heteroatoms. The molecule has 3 fully saturated rings. The maximum Gasteiger partial charge on any atom is 0.305 e. The van der Waals surface area contributed by atoms with Gasteiger partial charge in [-0.2, -0.15) is 0 Å². The van der Waals surface area contributed by atoms with Gasteiger partial charge in [-0.1, -0.05) is 102 Å². The molecule has 145 heavy (non-hydrogen) atoms. The first kappa shape index (κ1) is 115. The van der Waals surface area contributed by atoms with Crippen molar-refractivity contribution in [3.63, 3.8) is 0 Å². The quantitative estimate of drug-likeness (QED) is 0.0203. The number of fused-ring (bicyclic) bond motifs is 4. The number of imidazole rings is 1. The number of hydrogen-bond acceptors (Lipinski definition) is 27. The Bertz CT molecular complexity index is 5630. The lowest BCUT2D eigenvalue weighted by atomic mass is 9.99. The molecule has 16 amide bonds. The first-order chi connectivity index (χ1) is 68.9. The molecule has 0 saturated carbocycles. The number of benzene rings is 3. The third-order valence-electron chi connectivity index (χ3n) is 26.0. The van der Waals surface area contributed by atoms with E-state index in [0.717, 1.165) is 37.6 Å². The first-order valence-corrected chi connectivity index (χ1v) is 52.1. The lowest BCUT2D eigenvalue weighted by Gasteiger charge is -2.37. The number of carbonyl (C=O) groups excluding carboxylic acids is 16. The maximum absolute atomic E-state index is 16.3. The van der Waals surface area contributed by atoms with Gasteiger partial charge in [-0.3, -0.25) is 91.5 Å². The number of carboxylic acid groups (broad SMARTS) is 1. The van der Waals surface area contributed by atoms with Gasteiger partial charge in [0, 0.05) is 118 Å². The fourth-order valence-corrected chi connectivity index (χ4v) is 19.5. The van der Waals surface area contributed by atoms with Crippen molar-refractivity contribution in [3.05, 3.63) is 120 Å². The molecule has 6 aromatic rings. The predicted octanol–water partition coefficient (Wildman–Crippen LogP) is -1.99. The first-order valence-electron chi connectivity index (χ1n) is 49.0. The number of nitrogens with one attached hydrogen (secondary N) is 13. The Hall–Kier alpha value is -13.2. The summed E-state index contributed by atoms with van der Waals surface area (Å²) in [4.78, 5) is 267. The number of likely N-dealkylation sites (N-methyl/N-ethyl adjacent to an activating group) is 3. The number of para-hydroxylation sites is 2. The Balaban J connectivity index is 1.15. The molecule has 3 aliphatic rings. The summed E-state index contributed by atoms with van der Waals surface area (Å²) < 4.78 is 28.2. The third-order valence-corrected chi connectivity index (χ3v) is 27.6. The molecule has 16 atom stereocenters. The number of unbranched alkanes of at least 4 members (excludes halogenated alkanes) is 4. The zero-order chi connectivity index (χ0) is 106. The molecule has 1 unspecified atom stereocenters. The van der Waals surface area contributed by atoms with Crippen molar-refractivity contribution >= 4 is 144 Å². The minimum absolute atomic E-state index is 0.00573. The van der Waals surface area contributed by atoms with Crippen LogP contribution in [0.25, 0.3) is 21.8 Å². The average Bonchev–Trinajstić information content (AvgIpc) is 1.58. The van der Waals surface area contributed by atoms with E-state index in [-0.39, 0.29) is 126 Å². The van der Waals surface area contributed by atoms with E-state index < -0.39 is 252 Å². The van der Waals surface area contributed by atoms with Gasteiger partial charge in [-0.15, -0.1) is 11.8 Å². The molecular formula is C97H141N23O23S2. The van der Waals surface area contributed by atoms with E-state index in [9.17, 15) is 72.0 Å². The van der Waals surface area contributed by atoms with Crippen molar-refractivity contribution in [1.82, 2.24) is 102 Å². The molecule has 46 nitrogen and oxygen atoms in total. The van der Waals surface area contributed by atoms with Crippen LogP contribution in [0, 0.1) is 5.92 Å². The normalized spacial score (nSPS) is 24.6. The molecule has 3 saturated heterocycles. The van der Waals surface area contributed by atoms with Crippen LogP contribution in [0.1, 0.15) is 166 Å². The molecule has 3 aromatic heterocycles. The lowest BCUT2D eigenvalue weighted by molar-refractivity contribution is -0.149. The molecule has 0 bridgehead atoms. The number of sulfonamides is 1. The number of nitrogens with zero attached hydrogens (tertiary/aromatic N) is 7. The molecule has 0 spiro atoms. The second-order valence-corrected chi connectivity index (χ2v) is 40.5. The third kappa shape index (κ3) is 33.4. The highest BCUT2D eigenvalue weighted by Crippen LogP contribution is 2.30. The average molecular weight is 2060 g/mol. The number of aromatic hydroxyl groups is 1. The standard InChI is InChI=1S/C97H141N23O23S2/c1-10-12-28-76-90(134)108-68(39-55(3)4)87(131)113-74(85(129)103-48-80(100)123)52-144-53-82(125)105-71(40-57-32-34-61(121)35-33-57)93(137)115(6)56(5)84(128)111-73(45-83(126)127)96(140)119-38-22-31-77(119)91(135)110-70(43-60-47-101-54-104-60)89(133)107-67(27-19-21-37-99)95(139)120-50-62(122)44-79(120)92(136)109-69(41-58-46-102-65-25-16-14-23-63(58)65)88(132)106-66(26-18-20-36-98)86(130)112-72(94(138)117(8)78(29-13-11-2)97(141)116(76)7)42-59-49-118(51-81(124)114-145(9,142)143)75-30-17-15-24-64(59)75/h14-17,23-25,30,32-35,46-47,49,54-56,62,66-74,76-79,87,102,113,121-122,131H,10-13,18-22,26-29,31,36-45,48,50-53,98-99H2,1-9H3,(H2,100,123)(H,101,104)(H,103,129)(H,105,125)(H,106,132)(H,107,133)(H,108,134)(H,109,136)(H,110,135)(H,111,128)(H,112,130)(H,114,124)(H,126,127)/t56-,62+,66-,67-,68-,69-,70-,71-,72-,73-,74-,76-,77-,78-,79-,87?/m0/s1. The van der Waals surface area contributed by atoms with Crippen molar-refractivity contribution in [2.24, 2.45) is 23.1 Å². The van der Waals surface area contributed by atoms with Crippen LogP contribution in [0.2, 0.25) is 0 Å². The molecule has 3 aliphatic heterocycles. The van der Waals surface area contributed by atoms with Gasteiger partial charge in [0.15, 0.2) is 0 Å². The Kier molecular flexibility index (Phi) is 44.0. The van der Waals surface area contributed by atoms with Crippen molar-refractivity contribution in [1.29, 1.82) is 0 Å². The van der Waals surface area contributed by atoms with E-state index >= 15 is 38.4 Å². The minimum atomic E-state index is -4.08. The fourth-order valence-electron chi connectivity index (χ4n) is 18.2. The number of aliphatic hydroxyl groups is 2. The highest BCUT2D eigenvalue weighted by Gasteiger charge is 2.47. The van der Waals surface area contributed by atoms with Gasteiger partial charge in [-0.25, -0.2) is 13.4 Å². The van der Waals surface area contributed by atoms with Crippen LogP contribution in [0.4, 0.5) is 0 Å². The topological polar surface area (TPSA) is 681 Å². The van der Waals surface area contributed by atoms with E-state index in [1.807, 2.05) is 18.6 Å². The number of amides is 16. The number of phenols is 1. The number of primary amides is 1. The van der Waals surface area contributed by atoms with Crippen LogP contribution in [0.15, 0.2) is 97.7 Å². The molecule has 9 rings (SSSR count). The fraction of sp³-hybridized carbons (Fsp3) is 0.567. The van der Waals surface area contributed by atoms with Gasteiger partial charge in [0.05, 0.1) is 49.5 Å². The highest BCUT2D eigenvalue weighted by molar-refractivity contribution is 8.00. The van der Waals surface area contributed by atoms with E-state index in [2.05, 4.69) is 68.1 Å². The minimum Gasteiger partial charge on any atom is -0.508 e. The van der Waals surface area contributed by atoms with Crippen molar-refractivity contribution in [3.8, 4) is 5.75 Å². The number of thioether (sulfide) groups is 1. The van der Waals surface area contributed by atoms with Gasteiger partial charge < -0.3 is 125 Å². The van der Waals surface area contributed by atoms with Crippen LogP contribution >= 0.6 is 11.8 Å². The molecular weight excluding hydrogens is 1920 g/mol. The number of rotatable bonds is 32. The Morgan fingerprint density at radius 2 is 1.17 bits per heavy atom. The van der Waals surface area contributed by atoms with Crippen molar-refractivity contribution in [2.45, 2.75) is 273 Å². The second-order valence-electron chi connectivity index (χ2n) is 37.7. The van der Waals surface area contributed by atoms with E-state index in [0.29, 0.717) is 70.6 Å². The summed E-state index contributed by atoms with van der Waals surface area (Å²) in [6.07, 6.45) is 2.82. The Labute approximate surface area is 845 Å². The number of aliphatic hydroxyl groups excluding tert-OH is 2. The highest BCUT2D eigenvalue weighted by atomic mass is 32.2. The van der Waals surface area contributed by atoms with Gasteiger partial charge in [0.1, 0.15) is 91.0 Å². The van der Waals surface area contributed by atoms with E-state index in [1.54, 1.807) is 68.6 Å². The summed E-state index contributed by atoms with van der Waals surface area (Å²) in [5, 5.41) is 73.0. The smallest absolute Gasteiger partial charge is 0.305 e. The van der Waals surface area contributed by atoms with Crippen LogP contribution < -0.4 is 75.1 Å². The molecule has 3 aromatic carbocycles. The lowest BCUT2D eigenvalue weighted by Crippen LogP contribution is -2.62. The number of aromatic amines is 2. The number of hydrogen-bond donors (Lipinski definition) is 20. The summed E-state index contributed by atoms with van der Waals surface area (Å²) in [5.74, 6) is -17.8. The summed E-state index contributed by atoms with van der Waals surface area (Å²) in [6.45, 7) is 6.82. The molecule has 6 heterocycles. The van der Waals surface area contributed by atoms with Gasteiger partial charge >= 0.3 is 5.97 Å². The van der Waals surface area contributed by atoms with Crippen molar-refractivity contribution in [2.75, 3.05) is 71.6 Å². The summed E-state index contributed by atoms with van der Waals surface area (Å²) in [5.41, 5.74) is 20.1. The van der Waals surface area contributed by atoms with Gasteiger partial charge in [-0.05, 0) is 138 Å². The number of carboxylic acids is 1. The van der Waals surface area contributed by atoms with Crippen molar-refractivity contribution < 1.29 is 110 Å². The number of phenolic OH excluding ortho intramolecular Hbond substituents is 1. The summed E-state index contributed by atoms with van der Waals surface area (Å²) in [6, 6.07) is -2.46. The molecule has 0 radical (unpaired) electrons. The number of aromatic nitrogens is 4. The zero-order valence-electron chi connectivity index (χ0n) is 83.3. The van der Waals surface area contributed by atoms with E-state index in [1.165, 1.54) is 80.5 Å². The maximum atomic E-state index is 16.3. The number of carbonyl (C=O) groups is 17. The number of nitrogens with two attached hydrogens (primary N) is 3. The monoisotopic (exact) mass is 2060 g/mol. The Morgan fingerprint density at radius 1 is 0.593 bits per heavy atom. The summed E-state index contributed by atoms with van der Waals surface area (Å²) in [7, 11) is -0.169. The predicted molar refractivity (Wildman–Crippen MR) is 535 cm³/mol. The number of aliphatic carboxylic acids is 1. The second kappa shape index (κ2) is 55.2. The van der Waals surface area contributed by atoms with Gasteiger partial charge in [0.25, 0.3) is 5.91 Å². The molecule has 794 valence electrons. The number of H-pyrrole nitrogens is 2. The van der Waals surface area contributed by atoms with Crippen LogP contribution in [-0.4, -0.2) is 342 Å². The Morgan fingerprint density at radius 3 is 1.80 bits per heavy atom. The largest absolute Gasteiger partial charge is 0.508 e. The van der Waals surface area contributed by atoms with Crippen LogP contribution in [0.5, 0.6) is 5.75 Å². The zero-order valence-corrected chi connectivity index (χ0v) is 84.9.